The lowest BCUT2D eigenvalue weighted by Crippen LogP contribution is -2.40. The van der Waals surface area contributed by atoms with Crippen molar-refractivity contribution < 1.29 is 19.4 Å². The number of aromatic amines is 1. The molecule has 1 aromatic rings. The second-order valence-corrected chi connectivity index (χ2v) is 7.62. The third kappa shape index (κ3) is 5.77. The second kappa shape index (κ2) is 9.84. The van der Waals surface area contributed by atoms with E-state index in [1.807, 2.05) is 4.90 Å². The highest BCUT2D eigenvalue weighted by molar-refractivity contribution is 6.33. The summed E-state index contributed by atoms with van der Waals surface area (Å²) in [5.41, 5.74) is 0.0780. The fourth-order valence-electron chi connectivity index (χ4n) is 3.63. The lowest BCUT2D eigenvalue weighted by Gasteiger charge is -2.27. The van der Waals surface area contributed by atoms with Gasteiger partial charge in [0.25, 0.3) is 11.5 Å². The molecule has 0 radical (unpaired) electrons. The maximum Gasteiger partial charge on any atom is 0.407 e. The molecular formula is C18H24ClN5O5. The molecule has 3 N–H and O–H groups in total. The lowest BCUT2D eigenvalue weighted by molar-refractivity contribution is -0.120. The summed E-state index contributed by atoms with van der Waals surface area (Å²) < 4.78 is 5.52. The lowest BCUT2D eigenvalue weighted by atomic mass is 9.87. The molecule has 2 fully saturated rings. The Morgan fingerprint density at radius 3 is 2.86 bits per heavy atom. The van der Waals surface area contributed by atoms with Gasteiger partial charge in [-0.25, -0.2) is 14.9 Å². The quantitative estimate of drug-likeness (QED) is 0.595. The van der Waals surface area contributed by atoms with E-state index in [9.17, 15) is 14.4 Å². The number of rotatable bonds is 5. The van der Waals surface area contributed by atoms with E-state index in [1.54, 1.807) is 6.21 Å². The molecule has 1 aliphatic carbocycles. The van der Waals surface area contributed by atoms with E-state index in [1.165, 1.54) is 6.20 Å². The summed E-state index contributed by atoms with van der Waals surface area (Å²) in [6.07, 6.45) is 6.11. The minimum absolute atomic E-state index is 0.0181. The van der Waals surface area contributed by atoms with Gasteiger partial charge in [-0.15, -0.1) is 0 Å². The van der Waals surface area contributed by atoms with Crippen LogP contribution in [0.1, 0.15) is 32.1 Å². The summed E-state index contributed by atoms with van der Waals surface area (Å²) in [5.74, 6) is -0.369. The van der Waals surface area contributed by atoms with Crippen LogP contribution < -0.4 is 15.8 Å². The number of ether oxygens (including phenoxy) is 1. The van der Waals surface area contributed by atoms with Gasteiger partial charge >= 0.3 is 6.09 Å². The van der Waals surface area contributed by atoms with Crippen molar-refractivity contribution in [3.63, 3.8) is 0 Å². The SMILES string of the molecule is O=C(CO)/N=C/C1CCC(NC(=O)O[C@@H]2CCN(c3cn[nH]c(=O)c3Cl)C2)CC1. The zero-order valence-electron chi connectivity index (χ0n) is 15.8. The Bertz CT molecular complexity index is 821. The van der Waals surface area contributed by atoms with Crippen LogP contribution in [0.25, 0.3) is 0 Å². The highest BCUT2D eigenvalue weighted by Gasteiger charge is 2.29. The van der Waals surface area contributed by atoms with Crippen molar-refractivity contribution in [3.8, 4) is 0 Å². The Morgan fingerprint density at radius 2 is 2.14 bits per heavy atom. The number of carbonyl (C=O) groups excluding carboxylic acids is 2. The van der Waals surface area contributed by atoms with E-state index in [4.69, 9.17) is 21.4 Å². The van der Waals surface area contributed by atoms with Crippen molar-refractivity contribution >= 4 is 35.5 Å². The zero-order valence-corrected chi connectivity index (χ0v) is 16.6. The van der Waals surface area contributed by atoms with Gasteiger partial charge in [0.15, 0.2) is 0 Å². The molecule has 29 heavy (non-hydrogen) atoms. The zero-order chi connectivity index (χ0) is 20.8. The Labute approximate surface area is 172 Å². The van der Waals surface area contributed by atoms with Gasteiger partial charge < -0.3 is 20.1 Å². The molecule has 3 rings (SSSR count). The number of H-pyrrole nitrogens is 1. The number of halogens is 1. The van der Waals surface area contributed by atoms with Crippen LogP contribution in [0.2, 0.25) is 5.02 Å². The van der Waals surface area contributed by atoms with Gasteiger partial charge in [0.1, 0.15) is 17.7 Å². The van der Waals surface area contributed by atoms with Crippen LogP contribution in [0.3, 0.4) is 0 Å². The summed E-state index contributed by atoms with van der Waals surface area (Å²) in [6.45, 7) is 0.474. The number of aliphatic imine (C=N–C) groups is 1. The number of amides is 2. The molecule has 2 heterocycles. The highest BCUT2D eigenvalue weighted by atomic mass is 35.5. The standard InChI is InChI=1S/C18H24ClN5O5/c19-16-14(8-21-23-17(16)27)24-6-5-13(9-24)29-18(28)22-12-3-1-11(2-4-12)7-20-15(26)10-25/h7-8,11-13,25H,1-6,9-10H2,(H,22,28)(H,23,27)/b20-7+/t11?,12?,13-/m1/s1. The molecule has 0 spiro atoms. The largest absolute Gasteiger partial charge is 0.444 e. The van der Waals surface area contributed by atoms with Gasteiger partial charge in [-0.05, 0) is 31.6 Å². The fraction of sp³-hybridized carbons (Fsp3) is 0.611. The first kappa shape index (κ1) is 21.3. The molecule has 158 valence electrons. The number of hydrogen-bond donors (Lipinski definition) is 3. The number of aliphatic hydroxyl groups is 1. The average molecular weight is 426 g/mol. The van der Waals surface area contributed by atoms with Crippen molar-refractivity contribution in [1.82, 2.24) is 15.5 Å². The molecule has 0 bridgehead atoms. The van der Waals surface area contributed by atoms with Crippen molar-refractivity contribution in [3.05, 3.63) is 21.6 Å². The third-order valence-corrected chi connectivity index (χ3v) is 5.56. The van der Waals surface area contributed by atoms with Crippen LogP contribution in [0.15, 0.2) is 16.0 Å². The number of nitrogens with one attached hydrogen (secondary N) is 2. The van der Waals surface area contributed by atoms with Gasteiger partial charge in [0, 0.05) is 25.2 Å². The van der Waals surface area contributed by atoms with E-state index in [2.05, 4.69) is 20.5 Å². The molecular weight excluding hydrogens is 402 g/mol. The minimum atomic E-state index is -0.582. The summed E-state index contributed by atoms with van der Waals surface area (Å²) in [4.78, 5) is 40.4. The second-order valence-electron chi connectivity index (χ2n) is 7.25. The van der Waals surface area contributed by atoms with E-state index in [0.29, 0.717) is 25.2 Å². The Morgan fingerprint density at radius 1 is 1.38 bits per heavy atom. The number of alkyl carbamates (subject to hydrolysis) is 1. The Kier molecular flexibility index (Phi) is 7.21. The summed E-state index contributed by atoms with van der Waals surface area (Å²) >= 11 is 6.03. The van der Waals surface area contributed by atoms with Gasteiger partial charge in [-0.2, -0.15) is 5.10 Å². The average Bonchev–Trinajstić information content (AvgIpc) is 3.17. The van der Waals surface area contributed by atoms with E-state index >= 15 is 0 Å². The summed E-state index contributed by atoms with van der Waals surface area (Å²) in [7, 11) is 0. The van der Waals surface area contributed by atoms with Crippen molar-refractivity contribution in [2.24, 2.45) is 10.9 Å². The van der Waals surface area contributed by atoms with Crippen LogP contribution in [0.5, 0.6) is 0 Å². The van der Waals surface area contributed by atoms with Gasteiger partial charge in [0.2, 0.25) is 0 Å². The summed E-state index contributed by atoms with van der Waals surface area (Å²) in [5, 5.41) is 17.7. The molecule has 1 atom stereocenters. The minimum Gasteiger partial charge on any atom is -0.444 e. The maximum atomic E-state index is 12.2. The number of carbonyl (C=O) groups is 2. The normalized spacial score (nSPS) is 24.6. The topological polar surface area (TPSA) is 137 Å². The van der Waals surface area contributed by atoms with Crippen LogP contribution in [-0.2, 0) is 9.53 Å². The van der Waals surface area contributed by atoms with E-state index in [-0.39, 0.29) is 23.1 Å². The van der Waals surface area contributed by atoms with Crippen LogP contribution in [-0.4, -0.2) is 65.4 Å². The van der Waals surface area contributed by atoms with Crippen LogP contribution in [0, 0.1) is 5.92 Å². The molecule has 0 unspecified atom stereocenters. The van der Waals surface area contributed by atoms with E-state index < -0.39 is 24.2 Å². The van der Waals surface area contributed by atoms with Gasteiger partial charge in [-0.3, -0.25) is 9.59 Å². The first-order valence-electron chi connectivity index (χ1n) is 9.59. The Balaban J connectivity index is 1.42. The molecule has 1 aliphatic heterocycles. The van der Waals surface area contributed by atoms with Crippen molar-refractivity contribution in [2.75, 3.05) is 24.6 Å². The molecule has 0 aromatic carbocycles. The monoisotopic (exact) mass is 425 g/mol. The highest BCUT2D eigenvalue weighted by Crippen LogP contribution is 2.26. The first-order chi connectivity index (χ1) is 14.0. The number of aromatic nitrogens is 2. The molecule has 2 amide bonds. The van der Waals surface area contributed by atoms with E-state index in [0.717, 1.165) is 25.7 Å². The number of aliphatic hydroxyl groups excluding tert-OH is 1. The molecule has 2 aliphatic rings. The molecule has 11 heteroatoms. The molecule has 10 nitrogen and oxygen atoms in total. The number of hydrogen-bond acceptors (Lipinski definition) is 7. The number of nitrogens with zero attached hydrogens (tertiary/aromatic N) is 3. The van der Waals surface area contributed by atoms with Crippen molar-refractivity contribution in [1.29, 1.82) is 0 Å². The van der Waals surface area contributed by atoms with Gasteiger partial charge in [0.05, 0.1) is 18.4 Å². The smallest absolute Gasteiger partial charge is 0.407 e. The van der Waals surface area contributed by atoms with Crippen LogP contribution >= 0.6 is 11.6 Å². The number of anilines is 1. The third-order valence-electron chi connectivity index (χ3n) is 5.19. The fourth-order valence-corrected chi connectivity index (χ4v) is 3.84. The first-order valence-corrected chi connectivity index (χ1v) is 9.97. The van der Waals surface area contributed by atoms with Gasteiger partial charge in [-0.1, -0.05) is 11.6 Å². The maximum absolute atomic E-state index is 12.2. The van der Waals surface area contributed by atoms with Crippen LogP contribution in [0.4, 0.5) is 10.5 Å². The molecule has 1 saturated carbocycles. The molecule has 1 saturated heterocycles. The molecule has 1 aromatic heterocycles. The van der Waals surface area contributed by atoms with Crippen molar-refractivity contribution in [2.45, 2.75) is 44.2 Å². The predicted octanol–water partition coefficient (Wildman–Crippen LogP) is 0.877. The summed E-state index contributed by atoms with van der Waals surface area (Å²) in [6, 6.07) is 0.0181. The predicted molar refractivity (Wildman–Crippen MR) is 106 cm³/mol. The Hall–Kier alpha value is -2.46.